The molecule has 0 unspecified atom stereocenters. The average Bonchev–Trinajstić information content (AvgIpc) is 3.27. The summed E-state index contributed by atoms with van der Waals surface area (Å²) in [6.45, 7) is 1.58. The number of amides is 1. The van der Waals surface area contributed by atoms with Crippen molar-refractivity contribution in [2.24, 2.45) is 11.3 Å². The number of carbonyl (C=O) groups excluding carboxylic acids is 1. The van der Waals surface area contributed by atoms with E-state index in [9.17, 15) is 14.7 Å². The van der Waals surface area contributed by atoms with Crippen molar-refractivity contribution in [1.82, 2.24) is 9.88 Å². The summed E-state index contributed by atoms with van der Waals surface area (Å²) < 4.78 is 5.45. The van der Waals surface area contributed by atoms with E-state index in [1.54, 1.807) is 16.2 Å². The molecule has 4 rings (SSSR count). The number of aliphatic carboxylic acids is 1. The molecule has 1 aromatic heterocycles. The number of rotatable bonds is 5. The van der Waals surface area contributed by atoms with Crippen molar-refractivity contribution in [1.29, 1.82) is 0 Å². The molecule has 0 spiro atoms. The molecule has 0 saturated carbocycles. The summed E-state index contributed by atoms with van der Waals surface area (Å²) in [4.78, 5) is 30.9. The van der Waals surface area contributed by atoms with Crippen LogP contribution in [0.3, 0.4) is 0 Å². The minimum Gasteiger partial charge on any atom is -0.481 e. The number of thiazole rings is 1. The number of hydrogen-bond acceptors (Lipinski definition) is 5. The first-order chi connectivity index (χ1) is 13.1. The van der Waals surface area contributed by atoms with Crippen LogP contribution in [0.2, 0.25) is 0 Å². The largest absolute Gasteiger partial charge is 0.481 e. The molecule has 2 saturated heterocycles. The van der Waals surface area contributed by atoms with Crippen LogP contribution in [0, 0.1) is 11.3 Å². The Kier molecular flexibility index (Phi) is 4.97. The zero-order chi connectivity index (χ0) is 18.9. The minimum atomic E-state index is -0.853. The molecule has 7 heteroatoms. The van der Waals surface area contributed by atoms with Crippen LogP contribution in [-0.2, 0) is 27.2 Å². The summed E-state index contributed by atoms with van der Waals surface area (Å²) in [7, 11) is 0. The monoisotopic (exact) mass is 386 g/mol. The minimum absolute atomic E-state index is 0.0541. The van der Waals surface area contributed by atoms with Crippen LogP contribution in [0.1, 0.15) is 22.7 Å². The number of likely N-dealkylation sites (tertiary alicyclic amines) is 1. The fourth-order valence-electron chi connectivity index (χ4n) is 4.04. The van der Waals surface area contributed by atoms with Crippen molar-refractivity contribution in [2.75, 3.05) is 26.3 Å². The molecule has 1 N–H and O–H groups in total. The Bertz CT molecular complexity index is 838. The Morgan fingerprint density at radius 1 is 1.33 bits per heavy atom. The number of ether oxygens (including phenoxy) is 1. The predicted octanol–water partition coefficient (Wildman–Crippen LogP) is 2.23. The number of nitrogens with zero attached hydrogens (tertiary/aromatic N) is 2. The molecule has 2 aliphatic rings. The first-order valence-corrected chi connectivity index (χ1v) is 10.0. The van der Waals surface area contributed by atoms with E-state index in [2.05, 4.69) is 17.1 Å². The zero-order valence-electron chi connectivity index (χ0n) is 15.0. The third kappa shape index (κ3) is 3.61. The van der Waals surface area contributed by atoms with Gasteiger partial charge in [-0.1, -0.05) is 30.3 Å². The van der Waals surface area contributed by atoms with Gasteiger partial charge in [-0.15, -0.1) is 11.3 Å². The van der Waals surface area contributed by atoms with Gasteiger partial charge in [0.05, 0.1) is 29.1 Å². The standard InChI is InChI=1S/C20H22N2O4S/c23-18(22-10-15-11-26-7-6-20(15,13-22)19(24)25)9-16-12-27-17(21-16)8-14-4-2-1-3-5-14/h1-5,12,15H,6-11,13H2,(H,24,25)/t15-,20+/m0/s1. The lowest BCUT2D eigenvalue weighted by atomic mass is 9.74. The van der Waals surface area contributed by atoms with Crippen molar-refractivity contribution in [3.63, 3.8) is 0 Å². The second-order valence-electron chi connectivity index (χ2n) is 7.33. The van der Waals surface area contributed by atoms with Gasteiger partial charge in [0.25, 0.3) is 0 Å². The SMILES string of the molecule is O=C(Cc1csc(Cc2ccccc2)n1)N1C[C@H]2COCC[C@@]2(C(=O)O)C1. The average molecular weight is 386 g/mol. The number of fused-ring (bicyclic) bond motifs is 1. The van der Waals surface area contributed by atoms with Gasteiger partial charge in [0, 0.05) is 37.4 Å². The van der Waals surface area contributed by atoms with Crippen molar-refractivity contribution in [3.8, 4) is 0 Å². The van der Waals surface area contributed by atoms with Crippen molar-refractivity contribution >= 4 is 23.2 Å². The normalized spacial score (nSPS) is 24.6. The van der Waals surface area contributed by atoms with Gasteiger partial charge in [-0.3, -0.25) is 9.59 Å². The van der Waals surface area contributed by atoms with E-state index < -0.39 is 11.4 Å². The van der Waals surface area contributed by atoms with Crippen LogP contribution < -0.4 is 0 Å². The van der Waals surface area contributed by atoms with Gasteiger partial charge in [-0.2, -0.15) is 0 Å². The molecule has 27 heavy (non-hydrogen) atoms. The van der Waals surface area contributed by atoms with Crippen LogP contribution in [0.25, 0.3) is 0 Å². The Hall–Kier alpha value is -2.25. The fourth-order valence-corrected chi connectivity index (χ4v) is 4.87. The Morgan fingerprint density at radius 2 is 2.15 bits per heavy atom. The van der Waals surface area contributed by atoms with Gasteiger partial charge in [0.2, 0.25) is 5.91 Å². The van der Waals surface area contributed by atoms with E-state index >= 15 is 0 Å². The number of carboxylic acids is 1. The highest BCUT2D eigenvalue weighted by molar-refractivity contribution is 7.09. The first kappa shape index (κ1) is 18.1. The topological polar surface area (TPSA) is 79.7 Å². The maximum atomic E-state index is 12.7. The molecule has 142 valence electrons. The van der Waals surface area contributed by atoms with E-state index in [1.165, 1.54) is 5.56 Å². The van der Waals surface area contributed by atoms with Crippen LogP contribution in [0.15, 0.2) is 35.7 Å². The molecule has 0 bridgehead atoms. The summed E-state index contributed by atoms with van der Waals surface area (Å²) in [6.07, 6.45) is 1.44. The van der Waals surface area contributed by atoms with Gasteiger partial charge in [-0.05, 0) is 12.0 Å². The lowest BCUT2D eigenvalue weighted by Crippen LogP contribution is -2.45. The van der Waals surface area contributed by atoms with Gasteiger partial charge in [-0.25, -0.2) is 4.98 Å². The maximum Gasteiger partial charge on any atom is 0.311 e. The Balaban J connectivity index is 1.40. The number of hydrogen-bond donors (Lipinski definition) is 1. The van der Waals surface area contributed by atoms with Gasteiger partial charge in [0.15, 0.2) is 0 Å². The molecule has 0 radical (unpaired) electrons. The smallest absolute Gasteiger partial charge is 0.311 e. The first-order valence-electron chi connectivity index (χ1n) is 9.13. The van der Waals surface area contributed by atoms with E-state index in [0.29, 0.717) is 26.2 Å². The summed E-state index contributed by atoms with van der Waals surface area (Å²) in [5.41, 5.74) is 1.09. The lowest BCUT2D eigenvalue weighted by molar-refractivity contribution is -0.157. The molecule has 1 aromatic carbocycles. The summed E-state index contributed by atoms with van der Waals surface area (Å²) in [5, 5.41) is 12.6. The predicted molar refractivity (Wildman–Crippen MR) is 101 cm³/mol. The molecule has 2 fully saturated rings. The fraction of sp³-hybridized carbons (Fsp3) is 0.450. The van der Waals surface area contributed by atoms with Crippen LogP contribution in [-0.4, -0.2) is 53.2 Å². The molecule has 3 heterocycles. The van der Waals surface area contributed by atoms with Crippen LogP contribution in [0.5, 0.6) is 0 Å². The number of carboxylic acid groups (broad SMARTS) is 1. The Morgan fingerprint density at radius 3 is 2.89 bits per heavy atom. The maximum absolute atomic E-state index is 12.7. The highest BCUT2D eigenvalue weighted by Gasteiger charge is 2.54. The molecule has 2 aromatic rings. The number of carbonyl (C=O) groups is 2. The number of benzene rings is 1. The quantitative estimate of drug-likeness (QED) is 0.852. The van der Waals surface area contributed by atoms with E-state index in [4.69, 9.17) is 4.74 Å². The zero-order valence-corrected chi connectivity index (χ0v) is 15.8. The molecular weight excluding hydrogens is 364 g/mol. The van der Waals surface area contributed by atoms with Gasteiger partial charge in [0.1, 0.15) is 0 Å². The second kappa shape index (κ2) is 7.40. The van der Waals surface area contributed by atoms with Crippen molar-refractivity contribution < 1.29 is 19.4 Å². The molecule has 2 atom stereocenters. The van der Waals surface area contributed by atoms with Crippen molar-refractivity contribution in [2.45, 2.75) is 19.3 Å². The summed E-state index contributed by atoms with van der Waals surface area (Å²) >= 11 is 1.56. The third-order valence-electron chi connectivity index (χ3n) is 5.62. The molecular formula is C20H22N2O4S. The molecule has 0 aliphatic carbocycles. The second-order valence-corrected chi connectivity index (χ2v) is 8.27. The van der Waals surface area contributed by atoms with Gasteiger partial charge >= 0.3 is 5.97 Å². The van der Waals surface area contributed by atoms with Crippen LogP contribution in [0.4, 0.5) is 0 Å². The van der Waals surface area contributed by atoms with Crippen LogP contribution >= 0.6 is 11.3 Å². The van der Waals surface area contributed by atoms with Gasteiger partial charge < -0.3 is 14.7 Å². The summed E-state index contributed by atoms with van der Waals surface area (Å²) in [6, 6.07) is 10.1. The van der Waals surface area contributed by atoms with E-state index in [-0.39, 0.29) is 24.8 Å². The highest BCUT2D eigenvalue weighted by Crippen LogP contribution is 2.42. The molecule has 1 amide bonds. The van der Waals surface area contributed by atoms with Crippen molar-refractivity contribution in [3.05, 3.63) is 52.0 Å². The summed E-state index contributed by atoms with van der Waals surface area (Å²) in [5.74, 6) is -0.997. The molecule has 6 nitrogen and oxygen atoms in total. The lowest BCUT2D eigenvalue weighted by Gasteiger charge is -2.33. The number of aromatic nitrogens is 1. The third-order valence-corrected chi connectivity index (χ3v) is 6.51. The van der Waals surface area contributed by atoms with E-state index in [1.807, 2.05) is 23.6 Å². The Labute approximate surface area is 161 Å². The highest BCUT2D eigenvalue weighted by atomic mass is 32.1. The van der Waals surface area contributed by atoms with E-state index in [0.717, 1.165) is 17.1 Å². The molecule has 2 aliphatic heterocycles.